The average Bonchev–Trinajstić information content (AvgIpc) is 2.49. The molecule has 4 heteroatoms. The monoisotopic (exact) mass is 306 g/mol. The quantitative estimate of drug-likeness (QED) is 0.438. The molecular weight excluding hydrogens is 280 g/mol. The number of hydrogen-bond donors (Lipinski definition) is 2. The Kier molecular flexibility index (Phi) is 8.96. The highest BCUT2D eigenvalue weighted by Crippen LogP contribution is 2.14. The topological polar surface area (TPSA) is 74.6 Å². The summed E-state index contributed by atoms with van der Waals surface area (Å²) in [5.74, 6) is -0.396. The van der Waals surface area contributed by atoms with Gasteiger partial charge in [-0.2, -0.15) is 0 Å². The second kappa shape index (κ2) is 10.8. The zero-order valence-electron chi connectivity index (χ0n) is 13.1. The molecule has 2 N–H and O–H groups in total. The first-order valence-corrected chi connectivity index (χ1v) is 8.13. The number of carbonyl (C=O) groups excluding carboxylic acids is 1. The van der Waals surface area contributed by atoms with Gasteiger partial charge in [0.2, 0.25) is 0 Å². The van der Waals surface area contributed by atoms with Crippen molar-refractivity contribution in [1.82, 2.24) is 0 Å². The highest BCUT2D eigenvalue weighted by Gasteiger charge is 2.05. The van der Waals surface area contributed by atoms with Gasteiger partial charge in [0, 0.05) is 18.4 Å². The summed E-state index contributed by atoms with van der Waals surface area (Å²) in [7, 11) is 0. The average molecular weight is 306 g/mol. The summed E-state index contributed by atoms with van der Waals surface area (Å²) in [6.07, 6.45) is 9.08. The Labute approximate surface area is 132 Å². The van der Waals surface area contributed by atoms with Crippen LogP contribution in [0.1, 0.15) is 74.6 Å². The number of Topliss-reactive ketones (excluding diaryl/α,β-unsaturated/α-hetero) is 1. The summed E-state index contributed by atoms with van der Waals surface area (Å²) in [6.45, 7) is 0. The van der Waals surface area contributed by atoms with Crippen LogP contribution in [-0.4, -0.2) is 22.0 Å². The first-order chi connectivity index (χ1) is 10.6. The fourth-order valence-electron chi connectivity index (χ4n) is 2.41. The van der Waals surface area contributed by atoms with Crippen LogP contribution in [0.3, 0.4) is 0 Å². The lowest BCUT2D eigenvalue weighted by Crippen LogP contribution is -1.98. The van der Waals surface area contributed by atoms with Gasteiger partial charge in [-0.05, 0) is 37.1 Å². The molecule has 0 aliphatic rings. The Morgan fingerprint density at radius 2 is 1.18 bits per heavy atom. The molecule has 0 aliphatic heterocycles. The van der Waals surface area contributed by atoms with Crippen molar-refractivity contribution < 1.29 is 19.8 Å². The minimum Gasteiger partial charge on any atom is -0.508 e. The third-order valence-electron chi connectivity index (χ3n) is 3.73. The number of aliphatic carboxylic acids is 1. The number of carboxylic acid groups (broad SMARTS) is 1. The zero-order valence-corrected chi connectivity index (χ0v) is 13.1. The van der Waals surface area contributed by atoms with E-state index in [-0.39, 0.29) is 18.0 Å². The first kappa shape index (κ1) is 18.2. The van der Waals surface area contributed by atoms with Crippen LogP contribution >= 0.6 is 0 Å². The van der Waals surface area contributed by atoms with Crippen molar-refractivity contribution in [3.8, 4) is 5.75 Å². The maximum atomic E-state index is 11.9. The van der Waals surface area contributed by atoms with Crippen LogP contribution in [0.4, 0.5) is 0 Å². The van der Waals surface area contributed by atoms with E-state index in [1.165, 1.54) is 12.1 Å². The molecule has 0 spiro atoms. The maximum absolute atomic E-state index is 11.9. The summed E-state index contributed by atoms with van der Waals surface area (Å²) >= 11 is 0. The number of carbonyl (C=O) groups is 2. The number of carboxylic acids is 1. The van der Waals surface area contributed by atoms with Crippen molar-refractivity contribution in [1.29, 1.82) is 0 Å². The van der Waals surface area contributed by atoms with Crippen LogP contribution in [0.5, 0.6) is 5.75 Å². The number of hydrogen-bond acceptors (Lipinski definition) is 3. The molecule has 1 aromatic carbocycles. The molecule has 22 heavy (non-hydrogen) atoms. The minimum absolute atomic E-state index is 0.133. The van der Waals surface area contributed by atoms with Crippen LogP contribution in [0.25, 0.3) is 0 Å². The van der Waals surface area contributed by atoms with E-state index in [0.717, 1.165) is 51.4 Å². The second-order valence-electron chi connectivity index (χ2n) is 5.69. The number of ketones is 1. The summed E-state index contributed by atoms with van der Waals surface area (Å²) in [4.78, 5) is 22.2. The predicted molar refractivity (Wildman–Crippen MR) is 86.2 cm³/mol. The largest absolute Gasteiger partial charge is 0.508 e. The third-order valence-corrected chi connectivity index (χ3v) is 3.73. The maximum Gasteiger partial charge on any atom is 0.303 e. The van der Waals surface area contributed by atoms with Gasteiger partial charge in [-0.25, -0.2) is 0 Å². The molecule has 0 amide bonds. The first-order valence-electron chi connectivity index (χ1n) is 8.13. The van der Waals surface area contributed by atoms with Gasteiger partial charge in [-0.15, -0.1) is 0 Å². The Balaban J connectivity index is 1.96. The van der Waals surface area contributed by atoms with Gasteiger partial charge in [0.25, 0.3) is 0 Å². The molecule has 0 unspecified atom stereocenters. The van der Waals surface area contributed by atoms with E-state index in [0.29, 0.717) is 12.0 Å². The fourth-order valence-corrected chi connectivity index (χ4v) is 2.41. The summed E-state index contributed by atoms with van der Waals surface area (Å²) in [5.41, 5.74) is 0.663. The zero-order chi connectivity index (χ0) is 16.2. The van der Waals surface area contributed by atoms with E-state index in [2.05, 4.69) is 0 Å². The van der Waals surface area contributed by atoms with Gasteiger partial charge in [0.05, 0.1) is 0 Å². The molecular formula is C18H26O4. The summed E-state index contributed by atoms with van der Waals surface area (Å²) < 4.78 is 0. The lowest BCUT2D eigenvalue weighted by Gasteiger charge is -2.03. The second-order valence-corrected chi connectivity index (χ2v) is 5.69. The molecule has 4 nitrogen and oxygen atoms in total. The van der Waals surface area contributed by atoms with Gasteiger partial charge in [-0.1, -0.05) is 38.5 Å². The van der Waals surface area contributed by atoms with Crippen molar-refractivity contribution in [2.45, 2.75) is 64.2 Å². The van der Waals surface area contributed by atoms with Gasteiger partial charge in [-0.3, -0.25) is 9.59 Å². The highest BCUT2D eigenvalue weighted by atomic mass is 16.4. The van der Waals surface area contributed by atoms with E-state index >= 15 is 0 Å². The predicted octanol–water partition coefficient (Wildman–Crippen LogP) is 4.56. The van der Waals surface area contributed by atoms with Gasteiger partial charge in [0.1, 0.15) is 5.75 Å². The molecule has 0 heterocycles. The molecule has 0 atom stereocenters. The molecule has 122 valence electrons. The van der Waals surface area contributed by atoms with E-state index < -0.39 is 5.97 Å². The molecule has 0 aromatic heterocycles. The smallest absolute Gasteiger partial charge is 0.303 e. The number of phenols is 1. The number of benzene rings is 1. The van der Waals surface area contributed by atoms with Crippen molar-refractivity contribution in [2.24, 2.45) is 0 Å². The third kappa shape index (κ3) is 8.45. The molecule has 0 bridgehead atoms. The Hall–Kier alpha value is -1.84. The Bertz CT molecular complexity index is 451. The molecule has 1 rings (SSSR count). The lowest BCUT2D eigenvalue weighted by atomic mass is 10.0. The van der Waals surface area contributed by atoms with Crippen molar-refractivity contribution >= 4 is 11.8 Å². The molecule has 0 fully saturated rings. The van der Waals surface area contributed by atoms with Gasteiger partial charge < -0.3 is 10.2 Å². The van der Waals surface area contributed by atoms with E-state index in [4.69, 9.17) is 5.11 Å². The minimum atomic E-state index is -0.710. The van der Waals surface area contributed by atoms with E-state index in [9.17, 15) is 14.7 Å². The lowest BCUT2D eigenvalue weighted by molar-refractivity contribution is -0.137. The van der Waals surface area contributed by atoms with E-state index in [1.807, 2.05) is 0 Å². The van der Waals surface area contributed by atoms with Crippen molar-refractivity contribution in [2.75, 3.05) is 0 Å². The normalized spacial score (nSPS) is 10.5. The highest BCUT2D eigenvalue weighted by molar-refractivity contribution is 5.96. The van der Waals surface area contributed by atoms with Crippen LogP contribution in [0.2, 0.25) is 0 Å². The van der Waals surface area contributed by atoms with Crippen LogP contribution in [0.15, 0.2) is 24.3 Å². The van der Waals surface area contributed by atoms with Crippen molar-refractivity contribution in [3.63, 3.8) is 0 Å². The molecule has 0 saturated heterocycles. The number of unbranched alkanes of at least 4 members (excludes halogenated alkanes) is 7. The van der Waals surface area contributed by atoms with Crippen molar-refractivity contribution in [3.05, 3.63) is 29.8 Å². The van der Waals surface area contributed by atoms with Crippen LogP contribution < -0.4 is 0 Å². The summed E-state index contributed by atoms with van der Waals surface area (Å²) in [5, 5.41) is 17.7. The van der Waals surface area contributed by atoms with Crippen LogP contribution in [-0.2, 0) is 4.79 Å². The van der Waals surface area contributed by atoms with Gasteiger partial charge >= 0.3 is 5.97 Å². The van der Waals surface area contributed by atoms with Crippen LogP contribution in [0, 0.1) is 0 Å². The number of phenolic OH excluding ortho intramolecular Hbond substituents is 1. The standard InChI is InChI=1S/C18H26O4/c19-16-13-11-15(12-14-16)17(20)9-7-5-3-1-2-4-6-8-10-18(21)22/h11-14,19H,1-10H2,(H,21,22). The Morgan fingerprint density at radius 1 is 0.727 bits per heavy atom. The molecule has 0 radical (unpaired) electrons. The molecule has 0 aliphatic carbocycles. The number of aromatic hydroxyl groups is 1. The molecule has 0 saturated carbocycles. The fraction of sp³-hybridized carbons (Fsp3) is 0.556. The Morgan fingerprint density at radius 3 is 1.68 bits per heavy atom. The molecule has 1 aromatic rings. The SMILES string of the molecule is O=C(O)CCCCCCCCCCC(=O)c1ccc(O)cc1. The number of rotatable bonds is 12. The van der Waals surface area contributed by atoms with Gasteiger partial charge in [0.15, 0.2) is 5.78 Å². The van der Waals surface area contributed by atoms with E-state index in [1.54, 1.807) is 12.1 Å². The summed E-state index contributed by atoms with van der Waals surface area (Å²) in [6, 6.07) is 6.40.